The van der Waals surface area contributed by atoms with Crippen LogP contribution in [0.25, 0.3) is 0 Å². The Balaban J connectivity index is 1.72. The Morgan fingerprint density at radius 1 is 1.20 bits per heavy atom. The Labute approximate surface area is 91.4 Å². The summed E-state index contributed by atoms with van der Waals surface area (Å²) in [5, 5.41) is 0. The normalized spacial score (nSPS) is 29.6. The first-order valence-corrected chi connectivity index (χ1v) is 5.86. The molecule has 1 aliphatic carbocycles. The molecule has 0 amide bonds. The van der Waals surface area contributed by atoms with Gasteiger partial charge in [-0.2, -0.15) is 0 Å². The molecule has 1 heteroatoms. The molecular formula is C14H17N. The molecule has 0 saturated carbocycles. The van der Waals surface area contributed by atoms with E-state index in [0.29, 0.717) is 6.04 Å². The van der Waals surface area contributed by atoms with Crippen LogP contribution in [0.15, 0.2) is 42.5 Å². The molecule has 0 N–H and O–H groups in total. The Bertz CT molecular complexity index is 355. The van der Waals surface area contributed by atoms with E-state index >= 15 is 0 Å². The van der Waals surface area contributed by atoms with E-state index < -0.39 is 0 Å². The molecule has 3 rings (SSSR count). The van der Waals surface area contributed by atoms with Crippen molar-refractivity contribution >= 4 is 0 Å². The summed E-state index contributed by atoms with van der Waals surface area (Å²) >= 11 is 0. The zero-order valence-electron chi connectivity index (χ0n) is 8.97. The van der Waals surface area contributed by atoms with Gasteiger partial charge in [-0.25, -0.2) is 0 Å². The molecule has 78 valence electrons. The van der Waals surface area contributed by atoms with Crippen LogP contribution in [0.4, 0.5) is 0 Å². The quantitative estimate of drug-likeness (QED) is 0.662. The maximum absolute atomic E-state index is 2.61. The molecule has 1 heterocycles. The van der Waals surface area contributed by atoms with Gasteiger partial charge in [0.1, 0.15) is 0 Å². The number of hydrogen-bond acceptors (Lipinski definition) is 1. The van der Waals surface area contributed by atoms with Crippen LogP contribution in [0, 0.1) is 5.92 Å². The van der Waals surface area contributed by atoms with Crippen molar-refractivity contribution in [2.75, 3.05) is 6.54 Å². The van der Waals surface area contributed by atoms with Crippen LogP contribution >= 0.6 is 0 Å². The zero-order chi connectivity index (χ0) is 10.1. The number of benzene rings is 1. The van der Waals surface area contributed by atoms with E-state index in [1.165, 1.54) is 24.9 Å². The summed E-state index contributed by atoms with van der Waals surface area (Å²) in [7, 11) is 0. The summed E-state index contributed by atoms with van der Waals surface area (Å²) in [6, 6.07) is 11.5. The van der Waals surface area contributed by atoms with Gasteiger partial charge in [0, 0.05) is 19.1 Å². The highest BCUT2D eigenvalue weighted by atomic mass is 15.2. The lowest BCUT2D eigenvalue weighted by atomic mass is 9.96. The van der Waals surface area contributed by atoms with Crippen molar-refractivity contribution in [2.45, 2.75) is 25.4 Å². The average molecular weight is 199 g/mol. The third-order valence-corrected chi connectivity index (χ3v) is 3.59. The van der Waals surface area contributed by atoms with Gasteiger partial charge in [-0.1, -0.05) is 42.5 Å². The smallest absolute Gasteiger partial charge is 0.0285 e. The third kappa shape index (κ3) is 1.84. The van der Waals surface area contributed by atoms with Crippen LogP contribution in [-0.2, 0) is 6.54 Å². The first-order valence-electron chi connectivity index (χ1n) is 5.86. The number of likely N-dealkylation sites (tertiary alicyclic amines) is 1. The predicted octanol–water partition coefficient (Wildman–Crippen LogP) is 2.84. The molecule has 2 unspecified atom stereocenters. The summed E-state index contributed by atoms with van der Waals surface area (Å²) in [6.07, 6.45) is 7.43. The second-order valence-corrected chi connectivity index (χ2v) is 4.75. The number of hydrogen-bond donors (Lipinski definition) is 0. The van der Waals surface area contributed by atoms with E-state index in [-0.39, 0.29) is 0 Å². The van der Waals surface area contributed by atoms with Crippen molar-refractivity contribution in [3.8, 4) is 0 Å². The maximum atomic E-state index is 2.61. The van der Waals surface area contributed by atoms with Crippen LogP contribution in [0.1, 0.15) is 18.4 Å². The molecule has 1 saturated heterocycles. The van der Waals surface area contributed by atoms with E-state index in [1.54, 1.807) is 0 Å². The van der Waals surface area contributed by atoms with Gasteiger partial charge in [0.2, 0.25) is 0 Å². The lowest BCUT2D eigenvalue weighted by molar-refractivity contribution is 0.278. The minimum absolute atomic E-state index is 0.712. The summed E-state index contributed by atoms with van der Waals surface area (Å²) in [5.74, 6) is 0.920. The van der Waals surface area contributed by atoms with Gasteiger partial charge in [-0.05, 0) is 24.3 Å². The summed E-state index contributed by atoms with van der Waals surface area (Å²) < 4.78 is 0. The Morgan fingerprint density at radius 3 is 2.87 bits per heavy atom. The van der Waals surface area contributed by atoms with E-state index in [2.05, 4.69) is 47.4 Å². The van der Waals surface area contributed by atoms with E-state index in [1.807, 2.05) is 0 Å². The highest BCUT2D eigenvalue weighted by Gasteiger charge is 2.31. The fourth-order valence-corrected chi connectivity index (χ4v) is 2.83. The molecule has 2 bridgehead atoms. The molecule has 1 fully saturated rings. The SMILES string of the molecule is C1=CC2CC(C1)CN2Cc1ccccc1. The van der Waals surface area contributed by atoms with Crippen molar-refractivity contribution in [1.29, 1.82) is 0 Å². The van der Waals surface area contributed by atoms with Crippen LogP contribution in [-0.4, -0.2) is 17.5 Å². The second kappa shape index (κ2) is 3.82. The molecule has 0 spiro atoms. The molecule has 2 atom stereocenters. The van der Waals surface area contributed by atoms with E-state index in [9.17, 15) is 0 Å². The molecule has 1 aromatic rings. The minimum Gasteiger partial charge on any atom is -0.292 e. The fraction of sp³-hybridized carbons (Fsp3) is 0.429. The van der Waals surface area contributed by atoms with Crippen LogP contribution in [0.2, 0.25) is 0 Å². The van der Waals surface area contributed by atoms with Crippen molar-refractivity contribution in [1.82, 2.24) is 4.90 Å². The third-order valence-electron chi connectivity index (χ3n) is 3.59. The first kappa shape index (κ1) is 9.17. The van der Waals surface area contributed by atoms with Crippen LogP contribution in [0.5, 0.6) is 0 Å². The summed E-state index contributed by atoms with van der Waals surface area (Å²) in [6.45, 7) is 2.40. The lowest BCUT2D eigenvalue weighted by Gasteiger charge is -2.21. The molecule has 0 radical (unpaired) electrons. The van der Waals surface area contributed by atoms with Crippen molar-refractivity contribution < 1.29 is 0 Å². The lowest BCUT2D eigenvalue weighted by Crippen LogP contribution is -2.26. The zero-order valence-corrected chi connectivity index (χ0v) is 8.97. The van der Waals surface area contributed by atoms with Crippen molar-refractivity contribution in [3.63, 3.8) is 0 Å². The van der Waals surface area contributed by atoms with Gasteiger partial charge in [-0.15, -0.1) is 0 Å². The molecule has 2 aliphatic rings. The van der Waals surface area contributed by atoms with Gasteiger partial charge >= 0.3 is 0 Å². The summed E-state index contributed by atoms with van der Waals surface area (Å²) in [5.41, 5.74) is 1.44. The van der Waals surface area contributed by atoms with Crippen LogP contribution < -0.4 is 0 Å². The van der Waals surface area contributed by atoms with Gasteiger partial charge < -0.3 is 0 Å². The molecule has 1 nitrogen and oxygen atoms in total. The van der Waals surface area contributed by atoms with Gasteiger partial charge in [-0.3, -0.25) is 4.90 Å². The molecule has 0 aromatic heterocycles. The van der Waals surface area contributed by atoms with Crippen LogP contribution in [0.3, 0.4) is 0 Å². The largest absolute Gasteiger partial charge is 0.292 e. The number of fused-ring (bicyclic) bond motifs is 2. The van der Waals surface area contributed by atoms with Gasteiger partial charge in [0.15, 0.2) is 0 Å². The predicted molar refractivity (Wildman–Crippen MR) is 62.5 cm³/mol. The highest BCUT2D eigenvalue weighted by molar-refractivity contribution is 5.16. The summed E-state index contributed by atoms with van der Waals surface area (Å²) in [4.78, 5) is 2.61. The van der Waals surface area contributed by atoms with Crippen molar-refractivity contribution in [3.05, 3.63) is 48.0 Å². The Morgan fingerprint density at radius 2 is 2.07 bits per heavy atom. The molecular weight excluding hydrogens is 182 g/mol. The fourth-order valence-electron chi connectivity index (χ4n) is 2.83. The number of nitrogens with zero attached hydrogens (tertiary/aromatic N) is 1. The minimum atomic E-state index is 0.712. The van der Waals surface area contributed by atoms with E-state index in [0.717, 1.165) is 12.5 Å². The number of allylic oxidation sites excluding steroid dienone is 1. The molecule has 1 aromatic carbocycles. The number of rotatable bonds is 2. The van der Waals surface area contributed by atoms with Gasteiger partial charge in [0.05, 0.1) is 0 Å². The Hall–Kier alpha value is -1.08. The van der Waals surface area contributed by atoms with Gasteiger partial charge in [0.25, 0.3) is 0 Å². The standard InChI is InChI=1S/C14H17N/c1-2-5-12(6-3-1)10-15-11-13-7-4-8-14(15)9-13/h1-6,8,13-14H,7,9-11H2. The average Bonchev–Trinajstić information content (AvgIpc) is 2.55. The maximum Gasteiger partial charge on any atom is 0.0285 e. The van der Waals surface area contributed by atoms with E-state index in [4.69, 9.17) is 0 Å². The first-order chi connectivity index (χ1) is 7.42. The second-order valence-electron chi connectivity index (χ2n) is 4.75. The van der Waals surface area contributed by atoms with Crippen molar-refractivity contribution in [2.24, 2.45) is 5.92 Å². The highest BCUT2D eigenvalue weighted by Crippen LogP contribution is 2.31. The molecule has 1 aliphatic heterocycles. The molecule has 15 heavy (non-hydrogen) atoms. The topological polar surface area (TPSA) is 3.24 Å². The Kier molecular flexibility index (Phi) is 2.34. The monoisotopic (exact) mass is 199 g/mol.